The van der Waals surface area contributed by atoms with Crippen molar-refractivity contribution in [3.63, 3.8) is 0 Å². The second-order valence-electron chi connectivity index (χ2n) is 4.83. The van der Waals surface area contributed by atoms with Crippen LogP contribution in [0, 0.1) is 12.3 Å². The van der Waals surface area contributed by atoms with E-state index in [-0.39, 0.29) is 19.1 Å². The van der Waals surface area contributed by atoms with E-state index in [1.807, 2.05) is 36.4 Å². The van der Waals surface area contributed by atoms with E-state index in [1.165, 1.54) is 6.21 Å². The van der Waals surface area contributed by atoms with Crippen LogP contribution < -0.4 is 15.5 Å². The number of terminal acetylenes is 1. The lowest BCUT2D eigenvalue weighted by Crippen LogP contribution is -2.25. The van der Waals surface area contributed by atoms with Gasteiger partial charge in [0, 0.05) is 20.2 Å². The molecule has 0 unspecified atom stereocenters. The summed E-state index contributed by atoms with van der Waals surface area (Å²) in [6.45, 7) is 0.268. The third-order valence-corrected chi connectivity index (χ3v) is 3.99. The first-order valence-corrected chi connectivity index (χ1v) is 8.84. The molecule has 1 amide bonds. The average Bonchev–Trinajstić information content (AvgIpc) is 2.60. The zero-order chi connectivity index (χ0) is 18.1. The number of halogens is 2. The maximum atomic E-state index is 11.8. The molecular formula is C18H15Br2N3O2. The number of carbonyl (C=O) groups excluding carboxylic acids is 1. The van der Waals surface area contributed by atoms with Crippen LogP contribution >= 0.6 is 31.9 Å². The van der Waals surface area contributed by atoms with Gasteiger partial charge in [-0.1, -0.05) is 37.8 Å². The van der Waals surface area contributed by atoms with E-state index in [4.69, 9.17) is 11.2 Å². The summed E-state index contributed by atoms with van der Waals surface area (Å²) >= 11 is 6.74. The number of hydrazone groups is 1. The van der Waals surface area contributed by atoms with E-state index in [0.717, 1.165) is 14.6 Å². The van der Waals surface area contributed by atoms with Gasteiger partial charge in [-0.2, -0.15) is 5.10 Å². The summed E-state index contributed by atoms with van der Waals surface area (Å²) in [5, 5.41) is 6.96. The van der Waals surface area contributed by atoms with Crippen molar-refractivity contribution in [1.29, 1.82) is 0 Å². The van der Waals surface area contributed by atoms with E-state index >= 15 is 0 Å². The van der Waals surface area contributed by atoms with Gasteiger partial charge in [-0.15, -0.1) is 6.42 Å². The van der Waals surface area contributed by atoms with E-state index in [1.54, 1.807) is 6.07 Å². The fraction of sp³-hybridized carbons (Fsp3) is 0.111. The molecule has 5 nitrogen and oxygen atoms in total. The number of hydrogen-bond donors (Lipinski definition) is 2. The maximum absolute atomic E-state index is 11.8. The van der Waals surface area contributed by atoms with Crippen LogP contribution in [0.1, 0.15) is 5.56 Å². The molecule has 0 spiro atoms. The number of ether oxygens (including phenoxy) is 1. The molecule has 2 aromatic rings. The molecule has 0 radical (unpaired) electrons. The van der Waals surface area contributed by atoms with Crippen molar-refractivity contribution in [2.75, 3.05) is 18.5 Å². The lowest BCUT2D eigenvalue weighted by molar-refractivity contribution is -0.119. The number of amides is 1. The molecule has 0 atom stereocenters. The van der Waals surface area contributed by atoms with Crippen LogP contribution in [0.2, 0.25) is 0 Å². The first kappa shape index (κ1) is 19.0. The smallest absolute Gasteiger partial charge is 0.259 e. The minimum Gasteiger partial charge on any atom is -0.480 e. The normalized spacial score (nSPS) is 10.3. The van der Waals surface area contributed by atoms with Crippen molar-refractivity contribution in [2.45, 2.75) is 0 Å². The predicted molar refractivity (Wildman–Crippen MR) is 107 cm³/mol. The van der Waals surface area contributed by atoms with Crippen LogP contribution in [0.5, 0.6) is 5.75 Å². The number of anilines is 1. The van der Waals surface area contributed by atoms with Crippen molar-refractivity contribution < 1.29 is 9.53 Å². The second kappa shape index (κ2) is 9.87. The van der Waals surface area contributed by atoms with Gasteiger partial charge in [-0.05, 0) is 42.5 Å². The number of nitrogens with one attached hydrogen (secondary N) is 2. The number of nitrogens with zero attached hydrogens (tertiary/aromatic N) is 1. The first-order chi connectivity index (χ1) is 12.1. The topological polar surface area (TPSA) is 62.7 Å². The molecule has 0 fully saturated rings. The van der Waals surface area contributed by atoms with Crippen molar-refractivity contribution in [2.24, 2.45) is 5.10 Å². The van der Waals surface area contributed by atoms with Crippen LogP contribution in [-0.4, -0.2) is 25.3 Å². The Balaban J connectivity index is 1.89. The highest BCUT2D eigenvalue weighted by atomic mass is 79.9. The Bertz CT molecular complexity index is 799. The Morgan fingerprint density at radius 3 is 2.64 bits per heavy atom. The molecule has 0 heterocycles. The van der Waals surface area contributed by atoms with E-state index in [2.05, 4.69) is 53.6 Å². The van der Waals surface area contributed by atoms with Crippen molar-refractivity contribution >= 4 is 49.7 Å². The molecule has 25 heavy (non-hydrogen) atoms. The summed E-state index contributed by atoms with van der Waals surface area (Å²) in [6.07, 6.45) is 6.71. The van der Waals surface area contributed by atoms with Crippen LogP contribution in [0.25, 0.3) is 0 Å². The maximum Gasteiger partial charge on any atom is 0.259 e. The molecule has 128 valence electrons. The molecule has 0 saturated carbocycles. The highest BCUT2D eigenvalue weighted by molar-refractivity contribution is 9.10. The van der Waals surface area contributed by atoms with Gasteiger partial charge in [0.15, 0.2) is 0 Å². The van der Waals surface area contributed by atoms with Gasteiger partial charge in [-0.25, -0.2) is 5.43 Å². The summed E-state index contributed by atoms with van der Waals surface area (Å²) in [6, 6.07) is 13.0. The molecule has 0 aliphatic heterocycles. The second-order valence-corrected chi connectivity index (χ2v) is 6.66. The van der Waals surface area contributed by atoms with Gasteiger partial charge in [0.1, 0.15) is 12.4 Å². The minimum atomic E-state index is -0.264. The van der Waals surface area contributed by atoms with Gasteiger partial charge < -0.3 is 10.1 Å². The van der Waals surface area contributed by atoms with Gasteiger partial charge in [0.25, 0.3) is 5.91 Å². The van der Waals surface area contributed by atoms with Crippen LogP contribution in [-0.2, 0) is 4.79 Å². The number of rotatable bonds is 7. The van der Waals surface area contributed by atoms with Gasteiger partial charge >= 0.3 is 0 Å². The molecular weight excluding hydrogens is 450 g/mol. The SMILES string of the molecule is C#CCOc1ccc(Br)cc1/C=N\NC(=O)CNc1ccc(Br)cc1. The van der Waals surface area contributed by atoms with Crippen LogP contribution in [0.15, 0.2) is 56.5 Å². The lowest BCUT2D eigenvalue weighted by atomic mass is 10.2. The first-order valence-electron chi connectivity index (χ1n) is 7.25. The summed E-state index contributed by atoms with van der Waals surface area (Å²) in [4.78, 5) is 11.8. The number of benzene rings is 2. The zero-order valence-electron chi connectivity index (χ0n) is 13.1. The van der Waals surface area contributed by atoms with E-state index < -0.39 is 0 Å². The van der Waals surface area contributed by atoms with Crippen molar-refractivity contribution in [1.82, 2.24) is 5.43 Å². The van der Waals surface area contributed by atoms with Crippen molar-refractivity contribution in [3.05, 3.63) is 57.0 Å². The third-order valence-electron chi connectivity index (χ3n) is 2.97. The summed E-state index contributed by atoms with van der Waals surface area (Å²) in [5.74, 6) is 2.73. The van der Waals surface area contributed by atoms with Gasteiger partial charge in [0.2, 0.25) is 0 Å². The molecule has 2 rings (SSSR count). The Morgan fingerprint density at radius 1 is 1.20 bits per heavy atom. The molecule has 0 aromatic heterocycles. The monoisotopic (exact) mass is 463 g/mol. The van der Waals surface area contributed by atoms with E-state index in [0.29, 0.717) is 11.3 Å². The Morgan fingerprint density at radius 2 is 1.92 bits per heavy atom. The zero-order valence-corrected chi connectivity index (χ0v) is 16.3. The molecule has 0 aliphatic rings. The summed E-state index contributed by atoms with van der Waals surface area (Å²) < 4.78 is 7.28. The van der Waals surface area contributed by atoms with Gasteiger partial charge in [-0.3, -0.25) is 4.79 Å². The van der Waals surface area contributed by atoms with Crippen molar-refractivity contribution in [3.8, 4) is 18.1 Å². The Kier molecular flexibility index (Phi) is 7.51. The van der Waals surface area contributed by atoms with Crippen LogP contribution in [0.3, 0.4) is 0 Å². The standard InChI is InChI=1S/C18H15Br2N3O2/c1-2-9-25-17-8-5-15(20)10-13(17)11-22-23-18(24)12-21-16-6-3-14(19)4-7-16/h1,3-8,10-11,21H,9,12H2,(H,23,24)/b22-11-. The Hall–Kier alpha value is -2.30. The quantitative estimate of drug-likeness (QED) is 0.372. The molecule has 2 N–H and O–H groups in total. The molecule has 7 heteroatoms. The molecule has 2 aromatic carbocycles. The van der Waals surface area contributed by atoms with Crippen LogP contribution in [0.4, 0.5) is 5.69 Å². The van der Waals surface area contributed by atoms with E-state index in [9.17, 15) is 4.79 Å². The average molecular weight is 465 g/mol. The number of carbonyl (C=O) groups is 1. The molecule has 0 aliphatic carbocycles. The highest BCUT2D eigenvalue weighted by Crippen LogP contribution is 2.21. The summed E-state index contributed by atoms with van der Waals surface area (Å²) in [7, 11) is 0. The Labute approximate surface area is 163 Å². The summed E-state index contributed by atoms with van der Waals surface area (Å²) in [5.41, 5.74) is 4.01. The number of hydrogen-bond acceptors (Lipinski definition) is 4. The predicted octanol–water partition coefficient (Wildman–Crippen LogP) is 3.79. The third kappa shape index (κ3) is 6.61. The lowest BCUT2D eigenvalue weighted by Gasteiger charge is -2.07. The fourth-order valence-electron chi connectivity index (χ4n) is 1.83. The minimum absolute atomic E-state index is 0.109. The molecule has 0 saturated heterocycles. The highest BCUT2D eigenvalue weighted by Gasteiger charge is 2.03. The largest absolute Gasteiger partial charge is 0.480 e. The fourth-order valence-corrected chi connectivity index (χ4v) is 2.48. The molecule has 0 bridgehead atoms. The van der Waals surface area contributed by atoms with Gasteiger partial charge in [0.05, 0.1) is 12.8 Å².